The molecule has 10 nitrogen and oxygen atoms in total. The van der Waals surface area contributed by atoms with Gasteiger partial charge in [0.1, 0.15) is 11.4 Å². The van der Waals surface area contributed by atoms with Crippen LogP contribution in [0.2, 0.25) is 0 Å². The van der Waals surface area contributed by atoms with Gasteiger partial charge in [-0.2, -0.15) is 0 Å². The Balaban J connectivity index is 1.19. The Bertz CT molecular complexity index is 935. The molecule has 3 N–H and O–H groups in total. The third-order valence-corrected chi connectivity index (χ3v) is 8.33. The molecule has 0 aromatic carbocycles. The molecule has 2 saturated heterocycles. The lowest BCUT2D eigenvalue weighted by molar-refractivity contribution is -0.157. The second-order valence-electron chi connectivity index (χ2n) is 11.4. The Morgan fingerprint density at radius 2 is 2.03 bits per heavy atom. The first-order chi connectivity index (χ1) is 17.9. The maximum atomic E-state index is 13.6. The number of hydrogen-bond acceptors (Lipinski definition) is 8. The summed E-state index contributed by atoms with van der Waals surface area (Å²) in [6, 6.07) is -0.197. The molecule has 0 aromatic rings. The predicted octanol–water partition coefficient (Wildman–Crippen LogP) is 1.46. The lowest BCUT2D eigenvalue weighted by Crippen LogP contribution is -2.62. The molecular weight excluding hydrogens is 472 g/mol. The van der Waals surface area contributed by atoms with Gasteiger partial charge in [0.15, 0.2) is 6.29 Å². The van der Waals surface area contributed by atoms with Crippen LogP contribution in [0.15, 0.2) is 29.3 Å². The zero-order valence-corrected chi connectivity index (χ0v) is 22.2. The highest BCUT2D eigenvalue weighted by Gasteiger charge is 2.44. The highest BCUT2D eigenvalue weighted by atomic mass is 16.5. The van der Waals surface area contributed by atoms with Crippen LogP contribution in [-0.2, 0) is 19.1 Å². The van der Waals surface area contributed by atoms with Crippen molar-refractivity contribution in [2.24, 2.45) is 10.9 Å². The number of hydrogen-bond donors (Lipinski definition) is 3. The molecule has 1 saturated carbocycles. The number of nitrogens with one attached hydrogen (secondary N) is 3. The Kier molecular flexibility index (Phi) is 7.99. The second kappa shape index (κ2) is 11.2. The SMILES string of the molecule is CC(C)(CNC(=O)C1(OCC2CC(=O)N3NC(C4C=CC=CC4)=NC3N2)CCCCC1)N1CCOCC1. The summed E-state index contributed by atoms with van der Waals surface area (Å²) in [6.07, 6.45) is 13.4. The average molecular weight is 515 g/mol. The van der Waals surface area contributed by atoms with E-state index in [1.54, 1.807) is 5.01 Å². The summed E-state index contributed by atoms with van der Waals surface area (Å²) in [5.41, 5.74) is 2.18. The van der Waals surface area contributed by atoms with E-state index >= 15 is 0 Å². The summed E-state index contributed by atoms with van der Waals surface area (Å²) < 4.78 is 11.9. The third-order valence-electron chi connectivity index (χ3n) is 8.33. The number of morpholine rings is 1. The van der Waals surface area contributed by atoms with Gasteiger partial charge >= 0.3 is 0 Å². The number of fused-ring (bicyclic) bond motifs is 1. The van der Waals surface area contributed by atoms with Crippen LogP contribution in [0.4, 0.5) is 0 Å². The van der Waals surface area contributed by atoms with Gasteiger partial charge in [0, 0.05) is 43.6 Å². The van der Waals surface area contributed by atoms with Crippen molar-refractivity contribution >= 4 is 17.6 Å². The van der Waals surface area contributed by atoms with Gasteiger partial charge in [-0.3, -0.25) is 25.2 Å². The van der Waals surface area contributed by atoms with Crippen LogP contribution < -0.4 is 16.1 Å². The van der Waals surface area contributed by atoms with E-state index in [0.29, 0.717) is 32.4 Å². The lowest BCUT2D eigenvalue weighted by atomic mass is 9.83. The van der Waals surface area contributed by atoms with Crippen molar-refractivity contribution in [2.45, 2.75) is 82.3 Å². The van der Waals surface area contributed by atoms with E-state index in [1.165, 1.54) is 0 Å². The van der Waals surface area contributed by atoms with E-state index in [0.717, 1.165) is 57.8 Å². The number of amides is 2. The topological polar surface area (TPSA) is 108 Å². The number of carbonyl (C=O) groups excluding carboxylic acids is 2. The fraction of sp³-hybridized carbons (Fsp3) is 0.741. The minimum absolute atomic E-state index is 0.0131. The maximum absolute atomic E-state index is 13.6. The first kappa shape index (κ1) is 26.3. The van der Waals surface area contributed by atoms with Crippen molar-refractivity contribution in [1.29, 1.82) is 0 Å². The van der Waals surface area contributed by atoms with Gasteiger partial charge in [-0.1, -0.05) is 43.6 Å². The van der Waals surface area contributed by atoms with Crippen molar-refractivity contribution in [1.82, 2.24) is 26.0 Å². The third kappa shape index (κ3) is 5.92. The highest BCUT2D eigenvalue weighted by molar-refractivity contribution is 5.91. The van der Waals surface area contributed by atoms with Gasteiger partial charge in [-0.25, -0.2) is 10.0 Å². The Labute approximate surface area is 219 Å². The first-order valence-corrected chi connectivity index (χ1v) is 13.9. The smallest absolute Gasteiger partial charge is 0.252 e. The molecule has 0 bridgehead atoms. The molecule has 10 heteroatoms. The normalized spacial score (nSPS) is 30.0. The van der Waals surface area contributed by atoms with E-state index in [1.807, 2.05) is 12.2 Å². The summed E-state index contributed by atoms with van der Waals surface area (Å²) in [5.74, 6) is 0.910. The molecule has 0 aromatic heterocycles. The molecule has 2 amide bonds. The molecule has 5 rings (SSSR count). The van der Waals surface area contributed by atoms with E-state index < -0.39 is 11.9 Å². The van der Waals surface area contributed by atoms with Gasteiger partial charge in [-0.05, 0) is 33.1 Å². The first-order valence-electron chi connectivity index (χ1n) is 13.9. The molecule has 0 spiro atoms. The molecule has 37 heavy (non-hydrogen) atoms. The minimum atomic E-state index is -0.844. The number of hydrazine groups is 1. The average Bonchev–Trinajstić information content (AvgIpc) is 3.37. The zero-order chi connectivity index (χ0) is 25.9. The Morgan fingerprint density at radius 3 is 2.76 bits per heavy atom. The number of nitrogens with zero attached hydrogens (tertiary/aromatic N) is 3. The highest BCUT2D eigenvalue weighted by Crippen LogP contribution is 2.33. The van der Waals surface area contributed by atoms with Gasteiger partial charge in [0.25, 0.3) is 5.91 Å². The van der Waals surface area contributed by atoms with Crippen molar-refractivity contribution in [3.63, 3.8) is 0 Å². The van der Waals surface area contributed by atoms with Crippen molar-refractivity contribution in [3.05, 3.63) is 24.3 Å². The number of ether oxygens (including phenoxy) is 2. The maximum Gasteiger partial charge on any atom is 0.252 e. The number of rotatable bonds is 8. The van der Waals surface area contributed by atoms with Crippen LogP contribution >= 0.6 is 0 Å². The van der Waals surface area contributed by atoms with Crippen LogP contribution in [0, 0.1) is 5.92 Å². The number of amidine groups is 1. The van der Waals surface area contributed by atoms with Crippen molar-refractivity contribution < 1.29 is 19.1 Å². The Morgan fingerprint density at radius 1 is 1.24 bits per heavy atom. The molecule has 3 unspecified atom stereocenters. The van der Waals surface area contributed by atoms with Crippen LogP contribution in [0.5, 0.6) is 0 Å². The summed E-state index contributed by atoms with van der Waals surface area (Å²) in [7, 11) is 0. The van der Waals surface area contributed by atoms with Crippen LogP contribution in [0.25, 0.3) is 0 Å². The molecule has 3 heterocycles. The van der Waals surface area contributed by atoms with Gasteiger partial charge < -0.3 is 14.8 Å². The second-order valence-corrected chi connectivity index (χ2v) is 11.4. The zero-order valence-electron chi connectivity index (χ0n) is 22.2. The van der Waals surface area contributed by atoms with Crippen LogP contribution in [0.3, 0.4) is 0 Å². The standard InChI is InChI=1S/C27H42N6O4/c1-26(2,32-13-15-36-16-14-32)19-28-24(35)27(11-7-4-8-12-27)37-18-21-17-22(34)33-25(29-21)30-23(31-33)20-9-5-3-6-10-20/h3,5-6,9,20-21,25,29H,4,7-8,10-19H2,1-2H3,(H,28,35)(H,30,31). The van der Waals surface area contributed by atoms with Crippen LogP contribution in [-0.4, -0.2) is 90.5 Å². The predicted molar refractivity (Wildman–Crippen MR) is 140 cm³/mol. The van der Waals surface area contributed by atoms with Crippen LogP contribution in [0.1, 0.15) is 58.8 Å². The molecule has 0 radical (unpaired) electrons. The van der Waals surface area contributed by atoms with E-state index in [4.69, 9.17) is 14.5 Å². The van der Waals surface area contributed by atoms with Gasteiger partial charge in [0.05, 0.1) is 19.8 Å². The lowest BCUT2D eigenvalue weighted by Gasteiger charge is -2.42. The molecule has 3 atom stereocenters. The molecule has 2 aliphatic carbocycles. The van der Waals surface area contributed by atoms with E-state index in [9.17, 15) is 9.59 Å². The van der Waals surface area contributed by atoms with E-state index in [-0.39, 0.29) is 29.3 Å². The molecule has 5 aliphatic rings. The monoisotopic (exact) mass is 514 g/mol. The number of aliphatic imine (C=N–C) groups is 1. The van der Waals surface area contributed by atoms with Crippen molar-refractivity contribution in [2.75, 3.05) is 39.5 Å². The summed E-state index contributed by atoms with van der Waals surface area (Å²) >= 11 is 0. The molecule has 3 aliphatic heterocycles. The molecule has 3 fully saturated rings. The number of carbonyl (C=O) groups is 2. The quantitative estimate of drug-likeness (QED) is 0.450. The summed E-state index contributed by atoms with van der Waals surface area (Å²) in [6.45, 7) is 8.39. The van der Waals surface area contributed by atoms with Crippen molar-refractivity contribution in [3.8, 4) is 0 Å². The van der Waals surface area contributed by atoms with Gasteiger partial charge in [-0.15, -0.1) is 0 Å². The molecule has 204 valence electrons. The summed E-state index contributed by atoms with van der Waals surface area (Å²) in [4.78, 5) is 33.6. The fourth-order valence-corrected chi connectivity index (χ4v) is 5.92. The minimum Gasteiger partial charge on any atom is -0.379 e. The number of allylic oxidation sites excluding steroid dienone is 3. The summed E-state index contributed by atoms with van der Waals surface area (Å²) in [5, 5.41) is 8.25. The van der Waals surface area contributed by atoms with Gasteiger partial charge in [0.2, 0.25) is 5.91 Å². The largest absolute Gasteiger partial charge is 0.379 e. The Hall–Kier alpha value is -2.27. The van der Waals surface area contributed by atoms with E-state index in [2.05, 4.69) is 47.0 Å². The fourth-order valence-electron chi connectivity index (χ4n) is 5.92. The molecular formula is C27H42N6O4.